The SMILES string of the molecule is COc1ccccc1CCC(=O)N1CCN(C(=O)NCC(C)(C)C)CC1. The van der Waals surface area contributed by atoms with Crippen LogP contribution in [0, 0.1) is 5.41 Å². The zero-order chi connectivity index (χ0) is 19.2. The van der Waals surface area contributed by atoms with Crippen LogP contribution < -0.4 is 10.1 Å². The van der Waals surface area contributed by atoms with E-state index in [1.165, 1.54) is 0 Å². The molecule has 1 aromatic carbocycles. The van der Waals surface area contributed by atoms with Gasteiger partial charge in [0.25, 0.3) is 0 Å². The van der Waals surface area contributed by atoms with Gasteiger partial charge in [-0.2, -0.15) is 0 Å². The van der Waals surface area contributed by atoms with Crippen molar-refractivity contribution >= 4 is 11.9 Å². The number of hydrogen-bond acceptors (Lipinski definition) is 3. The summed E-state index contributed by atoms with van der Waals surface area (Å²) in [6.07, 6.45) is 1.12. The zero-order valence-corrected chi connectivity index (χ0v) is 16.4. The molecule has 0 bridgehead atoms. The molecule has 1 aliphatic heterocycles. The molecule has 3 amide bonds. The van der Waals surface area contributed by atoms with Gasteiger partial charge in [-0.25, -0.2) is 4.79 Å². The Morgan fingerprint density at radius 2 is 1.69 bits per heavy atom. The number of carbonyl (C=O) groups excluding carboxylic acids is 2. The fraction of sp³-hybridized carbons (Fsp3) is 0.600. The number of piperazine rings is 1. The molecule has 1 aliphatic rings. The molecule has 0 unspecified atom stereocenters. The number of nitrogens with one attached hydrogen (secondary N) is 1. The molecule has 6 heteroatoms. The number of methoxy groups -OCH3 is 1. The third kappa shape index (κ3) is 5.93. The van der Waals surface area contributed by atoms with Gasteiger partial charge < -0.3 is 19.9 Å². The molecule has 0 radical (unpaired) electrons. The summed E-state index contributed by atoms with van der Waals surface area (Å²) in [6, 6.07) is 7.74. The smallest absolute Gasteiger partial charge is 0.317 e. The molecule has 1 saturated heterocycles. The van der Waals surface area contributed by atoms with E-state index in [2.05, 4.69) is 26.1 Å². The third-order valence-corrected chi connectivity index (χ3v) is 4.49. The van der Waals surface area contributed by atoms with Crippen LogP contribution >= 0.6 is 0 Å². The number of amides is 3. The van der Waals surface area contributed by atoms with Gasteiger partial charge in [-0.05, 0) is 23.5 Å². The number of urea groups is 1. The Kier molecular flexibility index (Phi) is 6.89. The Bertz CT molecular complexity index is 617. The average molecular weight is 361 g/mol. The van der Waals surface area contributed by atoms with Crippen LogP contribution in [0.15, 0.2) is 24.3 Å². The second-order valence-electron chi connectivity index (χ2n) is 7.90. The van der Waals surface area contributed by atoms with Crippen molar-refractivity contribution < 1.29 is 14.3 Å². The normalized spacial score (nSPS) is 14.9. The molecule has 6 nitrogen and oxygen atoms in total. The predicted molar refractivity (Wildman–Crippen MR) is 102 cm³/mol. The Morgan fingerprint density at radius 1 is 1.08 bits per heavy atom. The first-order valence-electron chi connectivity index (χ1n) is 9.22. The van der Waals surface area contributed by atoms with Crippen LogP contribution in [0.4, 0.5) is 4.79 Å². The largest absolute Gasteiger partial charge is 0.496 e. The zero-order valence-electron chi connectivity index (χ0n) is 16.4. The van der Waals surface area contributed by atoms with E-state index in [1.54, 1.807) is 12.0 Å². The number of ether oxygens (including phenoxy) is 1. The first kappa shape index (κ1) is 20.1. The van der Waals surface area contributed by atoms with Crippen molar-refractivity contribution in [3.05, 3.63) is 29.8 Å². The Labute approximate surface area is 156 Å². The molecular weight excluding hydrogens is 330 g/mol. The van der Waals surface area contributed by atoms with Gasteiger partial charge in [0.2, 0.25) is 5.91 Å². The lowest BCUT2D eigenvalue weighted by atomic mass is 9.97. The van der Waals surface area contributed by atoms with Crippen LogP contribution in [0.25, 0.3) is 0 Å². The predicted octanol–water partition coefficient (Wildman–Crippen LogP) is 2.53. The molecule has 2 rings (SSSR count). The molecule has 0 atom stereocenters. The summed E-state index contributed by atoms with van der Waals surface area (Å²) in [5.74, 6) is 0.950. The molecule has 0 aliphatic carbocycles. The molecule has 144 valence electrons. The fourth-order valence-electron chi connectivity index (χ4n) is 2.92. The summed E-state index contributed by atoms with van der Waals surface area (Å²) in [6.45, 7) is 9.25. The third-order valence-electron chi connectivity index (χ3n) is 4.49. The summed E-state index contributed by atoms with van der Waals surface area (Å²) in [7, 11) is 1.64. The first-order valence-corrected chi connectivity index (χ1v) is 9.22. The quantitative estimate of drug-likeness (QED) is 0.877. The molecule has 1 heterocycles. The summed E-state index contributed by atoms with van der Waals surface area (Å²) in [4.78, 5) is 28.3. The Hall–Kier alpha value is -2.24. The summed E-state index contributed by atoms with van der Waals surface area (Å²) >= 11 is 0. The molecule has 26 heavy (non-hydrogen) atoms. The minimum Gasteiger partial charge on any atom is -0.496 e. The first-order chi connectivity index (χ1) is 12.3. The van der Waals surface area contributed by atoms with E-state index in [1.807, 2.05) is 29.2 Å². The van der Waals surface area contributed by atoms with Gasteiger partial charge in [-0.1, -0.05) is 39.0 Å². The van der Waals surface area contributed by atoms with Crippen molar-refractivity contribution in [1.29, 1.82) is 0 Å². The van der Waals surface area contributed by atoms with Gasteiger partial charge in [0.05, 0.1) is 7.11 Å². The standard InChI is InChI=1S/C20H31N3O3/c1-20(2,3)15-21-19(25)23-13-11-22(12-14-23)18(24)10-9-16-7-5-6-8-17(16)26-4/h5-8H,9-15H2,1-4H3,(H,21,25). The molecule has 1 fully saturated rings. The topological polar surface area (TPSA) is 61.9 Å². The van der Waals surface area contributed by atoms with E-state index >= 15 is 0 Å². The van der Waals surface area contributed by atoms with E-state index in [-0.39, 0.29) is 17.4 Å². The van der Waals surface area contributed by atoms with Gasteiger partial charge in [0.15, 0.2) is 0 Å². The van der Waals surface area contributed by atoms with Crippen LogP contribution in [0.1, 0.15) is 32.8 Å². The van der Waals surface area contributed by atoms with Crippen LogP contribution in [0.5, 0.6) is 5.75 Å². The molecule has 0 spiro atoms. The Balaban J connectivity index is 1.76. The lowest BCUT2D eigenvalue weighted by Crippen LogP contribution is -2.53. The maximum absolute atomic E-state index is 12.5. The summed E-state index contributed by atoms with van der Waals surface area (Å²) in [5, 5.41) is 2.97. The molecule has 0 saturated carbocycles. The van der Waals surface area contributed by atoms with E-state index in [0.29, 0.717) is 45.6 Å². The maximum Gasteiger partial charge on any atom is 0.317 e. The van der Waals surface area contributed by atoms with E-state index < -0.39 is 0 Å². The highest BCUT2D eigenvalue weighted by atomic mass is 16.5. The van der Waals surface area contributed by atoms with Gasteiger partial charge in [0.1, 0.15) is 5.75 Å². The molecular formula is C20H31N3O3. The highest BCUT2D eigenvalue weighted by Crippen LogP contribution is 2.19. The highest BCUT2D eigenvalue weighted by Gasteiger charge is 2.24. The number of carbonyl (C=O) groups is 2. The second kappa shape index (κ2) is 8.92. The maximum atomic E-state index is 12.5. The number of aryl methyl sites for hydroxylation is 1. The minimum atomic E-state index is -0.0407. The number of para-hydroxylation sites is 1. The molecule has 1 aromatic rings. The second-order valence-corrected chi connectivity index (χ2v) is 7.90. The number of rotatable bonds is 5. The van der Waals surface area contributed by atoms with E-state index in [0.717, 1.165) is 11.3 Å². The lowest BCUT2D eigenvalue weighted by Gasteiger charge is -2.35. The average Bonchev–Trinajstić information content (AvgIpc) is 2.64. The minimum absolute atomic E-state index is 0.0407. The van der Waals surface area contributed by atoms with Gasteiger partial charge in [-0.3, -0.25) is 4.79 Å². The van der Waals surface area contributed by atoms with Gasteiger partial charge in [0, 0.05) is 39.1 Å². The fourth-order valence-corrected chi connectivity index (χ4v) is 2.92. The van der Waals surface area contributed by atoms with Gasteiger partial charge in [-0.15, -0.1) is 0 Å². The summed E-state index contributed by atoms with van der Waals surface area (Å²) in [5.41, 5.74) is 1.11. The highest BCUT2D eigenvalue weighted by molar-refractivity contribution is 5.78. The molecule has 1 N–H and O–H groups in total. The van der Waals surface area contributed by atoms with Crippen LogP contribution in [-0.4, -0.2) is 61.6 Å². The van der Waals surface area contributed by atoms with Crippen LogP contribution in [-0.2, 0) is 11.2 Å². The van der Waals surface area contributed by atoms with Crippen LogP contribution in [0.2, 0.25) is 0 Å². The van der Waals surface area contributed by atoms with Gasteiger partial charge >= 0.3 is 6.03 Å². The molecule has 0 aromatic heterocycles. The van der Waals surface area contributed by atoms with Crippen molar-refractivity contribution in [3.63, 3.8) is 0 Å². The van der Waals surface area contributed by atoms with Crippen molar-refractivity contribution in [2.45, 2.75) is 33.6 Å². The van der Waals surface area contributed by atoms with Crippen molar-refractivity contribution in [1.82, 2.24) is 15.1 Å². The van der Waals surface area contributed by atoms with Crippen molar-refractivity contribution in [3.8, 4) is 5.75 Å². The monoisotopic (exact) mass is 361 g/mol. The lowest BCUT2D eigenvalue weighted by molar-refractivity contribution is -0.132. The van der Waals surface area contributed by atoms with E-state index in [4.69, 9.17) is 4.74 Å². The van der Waals surface area contributed by atoms with Crippen molar-refractivity contribution in [2.75, 3.05) is 39.8 Å². The number of benzene rings is 1. The number of nitrogens with zero attached hydrogens (tertiary/aromatic N) is 2. The van der Waals surface area contributed by atoms with E-state index in [9.17, 15) is 9.59 Å². The Morgan fingerprint density at radius 3 is 2.31 bits per heavy atom. The van der Waals surface area contributed by atoms with Crippen LogP contribution in [0.3, 0.4) is 0 Å². The summed E-state index contributed by atoms with van der Waals surface area (Å²) < 4.78 is 5.33. The van der Waals surface area contributed by atoms with Crippen molar-refractivity contribution in [2.24, 2.45) is 5.41 Å². The number of hydrogen-bond donors (Lipinski definition) is 1.